The maximum atomic E-state index is 5.39. The molecule has 1 aliphatic carbocycles. The second kappa shape index (κ2) is 4.64. The predicted octanol–water partition coefficient (Wildman–Crippen LogP) is 4.52. The summed E-state index contributed by atoms with van der Waals surface area (Å²) in [5.41, 5.74) is 4.43. The van der Waals surface area contributed by atoms with Gasteiger partial charge in [0, 0.05) is 4.83 Å². The quantitative estimate of drug-likeness (QED) is 0.729. The summed E-state index contributed by atoms with van der Waals surface area (Å²) in [5.74, 6) is 1.00. The van der Waals surface area contributed by atoms with Crippen molar-refractivity contribution in [3.05, 3.63) is 28.8 Å². The van der Waals surface area contributed by atoms with E-state index in [9.17, 15) is 0 Å². The van der Waals surface area contributed by atoms with Crippen molar-refractivity contribution in [2.75, 3.05) is 7.11 Å². The van der Waals surface area contributed by atoms with Crippen LogP contribution in [0.1, 0.15) is 42.9 Å². The van der Waals surface area contributed by atoms with Crippen molar-refractivity contribution in [2.45, 2.75) is 50.3 Å². The number of benzene rings is 1. The summed E-state index contributed by atoms with van der Waals surface area (Å²) in [5, 5.41) is 0. The summed E-state index contributed by atoms with van der Waals surface area (Å²) in [4.78, 5) is 0.675. The van der Waals surface area contributed by atoms with Crippen LogP contribution < -0.4 is 4.74 Å². The van der Waals surface area contributed by atoms with E-state index in [1.807, 2.05) is 0 Å². The van der Waals surface area contributed by atoms with Gasteiger partial charge in [0.2, 0.25) is 0 Å². The van der Waals surface area contributed by atoms with Crippen molar-refractivity contribution in [3.63, 3.8) is 0 Å². The minimum Gasteiger partial charge on any atom is -0.496 e. The second-order valence-electron chi connectivity index (χ2n) is 5.54. The molecule has 1 aliphatic rings. The minimum absolute atomic E-state index is 0.329. The Morgan fingerprint density at radius 2 is 2.00 bits per heavy atom. The molecule has 1 fully saturated rings. The number of hydrogen-bond donors (Lipinski definition) is 0. The van der Waals surface area contributed by atoms with E-state index >= 15 is 0 Å². The van der Waals surface area contributed by atoms with Gasteiger partial charge in [-0.15, -0.1) is 0 Å². The van der Waals surface area contributed by atoms with Gasteiger partial charge in [0.15, 0.2) is 0 Å². The molecule has 0 heterocycles. The molecule has 2 unspecified atom stereocenters. The average Bonchev–Trinajstić information content (AvgIpc) is 2.62. The molecule has 0 bridgehead atoms. The zero-order valence-corrected chi connectivity index (χ0v) is 12.7. The largest absolute Gasteiger partial charge is 0.496 e. The highest BCUT2D eigenvalue weighted by Gasteiger charge is 2.36. The van der Waals surface area contributed by atoms with Gasteiger partial charge in [-0.2, -0.15) is 0 Å². The molecule has 2 atom stereocenters. The first-order valence-corrected chi connectivity index (χ1v) is 7.17. The van der Waals surface area contributed by atoms with Gasteiger partial charge >= 0.3 is 0 Å². The lowest BCUT2D eigenvalue weighted by Crippen LogP contribution is -2.19. The molecule has 0 aromatic heterocycles. The Balaban J connectivity index is 2.42. The smallest absolute Gasteiger partial charge is 0.122 e. The number of methoxy groups -OCH3 is 1. The van der Waals surface area contributed by atoms with Crippen molar-refractivity contribution in [2.24, 2.45) is 0 Å². The van der Waals surface area contributed by atoms with Gasteiger partial charge in [0.25, 0.3) is 0 Å². The summed E-state index contributed by atoms with van der Waals surface area (Å²) in [6.45, 7) is 6.72. The van der Waals surface area contributed by atoms with E-state index < -0.39 is 0 Å². The number of alkyl halides is 1. The van der Waals surface area contributed by atoms with Crippen LogP contribution in [0, 0.1) is 13.8 Å². The Labute approximate surface area is 113 Å². The van der Waals surface area contributed by atoms with Gasteiger partial charge in [0.05, 0.1) is 7.11 Å². The van der Waals surface area contributed by atoms with Crippen LogP contribution in [0.4, 0.5) is 0 Å². The fraction of sp³-hybridized carbons (Fsp3) is 0.600. The number of aryl methyl sites for hydroxylation is 2. The molecule has 17 heavy (non-hydrogen) atoms. The third-order valence-corrected chi connectivity index (χ3v) is 4.86. The Kier molecular flexibility index (Phi) is 3.53. The van der Waals surface area contributed by atoms with Gasteiger partial charge in [-0.3, -0.25) is 0 Å². The molecule has 0 radical (unpaired) electrons. The summed E-state index contributed by atoms with van der Waals surface area (Å²) in [7, 11) is 1.74. The number of hydrogen-bond acceptors (Lipinski definition) is 1. The van der Waals surface area contributed by atoms with E-state index in [1.165, 1.54) is 36.0 Å². The van der Waals surface area contributed by atoms with E-state index in [2.05, 4.69) is 48.8 Å². The average molecular weight is 297 g/mol. The molecule has 2 rings (SSSR count). The molecule has 1 nitrogen and oxygen atoms in total. The van der Waals surface area contributed by atoms with Gasteiger partial charge in [-0.25, -0.2) is 0 Å². The third kappa shape index (κ3) is 2.37. The van der Waals surface area contributed by atoms with Crippen LogP contribution in [-0.2, 0) is 5.41 Å². The number of rotatable bonds is 2. The number of ether oxygens (including phenoxy) is 1. The minimum atomic E-state index is 0.329. The zero-order chi connectivity index (χ0) is 12.6. The fourth-order valence-electron chi connectivity index (χ4n) is 3.07. The standard InChI is InChI=1S/C15H21BrO/c1-10-8-14(17-4)11(2)7-13(10)15(3)6-5-12(16)9-15/h7-8,12H,5-6,9H2,1-4H3. The van der Waals surface area contributed by atoms with Crippen LogP contribution in [0.3, 0.4) is 0 Å². The van der Waals surface area contributed by atoms with Crippen LogP contribution in [0.25, 0.3) is 0 Å². The Bertz CT molecular complexity index is 427. The predicted molar refractivity (Wildman–Crippen MR) is 76.4 cm³/mol. The number of halogens is 1. The summed E-state index contributed by atoms with van der Waals surface area (Å²) in [6.07, 6.45) is 3.79. The molecule has 0 spiro atoms. The highest BCUT2D eigenvalue weighted by Crippen LogP contribution is 2.45. The molecule has 0 saturated heterocycles. The first-order chi connectivity index (χ1) is 7.96. The molecule has 1 aromatic rings. The molecule has 0 N–H and O–H groups in total. The second-order valence-corrected chi connectivity index (χ2v) is 6.83. The maximum absolute atomic E-state index is 5.39. The van der Waals surface area contributed by atoms with E-state index in [1.54, 1.807) is 7.11 Å². The lowest BCUT2D eigenvalue weighted by atomic mass is 9.78. The van der Waals surface area contributed by atoms with Crippen LogP contribution in [0.2, 0.25) is 0 Å². The van der Waals surface area contributed by atoms with E-state index in [0.29, 0.717) is 10.2 Å². The van der Waals surface area contributed by atoms with Crippen molar-refractivity contribution in [1.29, 1.82) is 0 Å². The fourth-order valence-corrected chi connectivity index (χ4v) is 4.02. The lowest BCUT2D eigenvalue weighted by Gasteiger charge is -2.27. The Hall–Kier alpha value is -0.500. The first kappa shape index (κ1) is 12.9. The zero-order valence-electron chi connectivity index (χ0n) is 11.1. The normalized spacial score (nSPS) is 28.4. The molecule has 0 aliphatic heterocycles. The third-order valence-electron chi connectivity index (χ3n) is 4.07. The van der Waals surface area contributed by atoms with Gasteiger partial charge in [-0.1, -0.05) is 28.9 Å². The Morgan fingerprint density at radius 3 is 2.53 bits per heavy atom. The van der Waals surface area contributed by atoms with E-state index in [-0.39, 0.29) is 0 Å². The van der Waals surface area contributed by atoms with Crippen molar-refractivity contribution in [1.82, 2.24) is 0 Å². The van der Waals surface area contributed by atoms with Crippen molar-refractivity contribution < 1.29 is 4.74 Å². The molecule has 1 aromatic carbocycles. The van der Waals surface area contributed by atoms with Crippen LogP contribution in [-0.4, -0.2) is 11.9 Å². The van der Waals surface area contributed by atoms with E-state index in [0.717, 1.165) is 5.75 Å². The van der Waals surface area contributed by atoms with Crippen molar-refractivity contribution in [3.8, 4) is 5.75 Å². The highest BCUT2D eigenvalue weighted by atomic mass is 79.9. The van der Waals surface area contributed by atoms with Crippen molar-refractivity contribution >= 4 is 15.9 Å². The molecule has 94 valence electrons. The van der Waals surface area contributed by atoms with Crippen LogP contribution >= 0.6 is 15.9 Å². The Morgan fingerprint density at radius 1 is 1.29 bits per heavy atom. The van der Waals surface area contributed by atoms with Gasteiger partial charge < -0.3 is 4.74 Å². The topological polar surface area (TPSA) is 9.23 Å². The SMILES string of the molecule is COc1cc(C)c(C2(C)CCC(Br)C2)cc1C. The molecule has 1 saturated carbocycles. The maximum Gasteiger partial charge on any atom is 0.122 e. The van der Waals surface area contributed by atoms with Crippen LogP contribution in [0.15, 0.2) is 12.1 Å². The monoisotopic (exact) mass is 296 g/mol. The van der Waals surface area contributed by atoms with Gasteiger partial charge in [-0.05, 0) is 61.3 Å². The summed E-state index contributed by atoms with van der Waals surface area (Å²) < 4.78 is 5.39. The van der Waals surface area contributed by atoms with E-state index in [4.69, 9.17) is 4.74 Å². The highest BCUT2D eigenvalue weighted by molar-refractivity contribution is 9.09. The van der Waals surface area contributed by atoms with Gasteiger partial charge in [0.1, 0.15) is 5.75 Å². The molecule has 2 heteroatoms. The molecule has 0 amide bonds. The molecular weight excluding hydrogens is 276 g/mol. The lowest BCUT2D eigenvalue weighted by molar-refractivity contribution is 0.409. The molecular formula is C15H21BrO. The first-order valence-electron chi connectivity index (χ1n) is 6.26. The summed E-state index contributed by atoms with van der Waals surface area (Å²) in [6, 6.07) is 4.50. The van der Waals surface area contributed by atoms with Crippen LogP contribution in [0.5, 0.6) is 5.75 Å². The summed E-state index contributed by atoms with van der Waals surface area (Å²) >= 11 is 3.76.